The molecule has 0 amide bonds. The van der Waals surface area contributed by atoms with Crippen molar-refractivity contribution in [2.24, 2.45) is 5.73 Å². The van der Waals surface area contributed by atoms with E-state index >= 15 is 0 Å². The molecule has 0 fully saturated rings. The first-order valence-electron chi connectivity index (χ1n) is 7.06. The summed E-state index contributed by atoms with van der Waals surface area (Å²) >= 11 is 5.23. The number of anilines is 2. The lowest BCUT2D eigenvalue weighted by Crippen LogP contribution is -2.24. The lowest BCUT2D eigenvalue weighted by Gasteiger charge is -2.26. The quantitative estimate of drug-likeness (QED) is 0.872. The van der Waals surface area contributed by atoms with Crippen molar-refractivity contribution in [2.75, 3.05) is 11.4 Å². The summed E-state index contributed by atoms with van der Waals surface area (Å²) in [5.41, 5.74) is 11.1. The van der Waals surface area contributed by atoms with Gasteiger partial charge in [0.2, 0.25) is 0 Å². The molecule has 0 aliphatic carbocycles. The fourth-order valence-electron chi connectivity index (χ4n) is 2.50. The van der Waals surface area contributed by atoms with Crippen LogP contribution in [-0.4, -0.2) is 16.5 Å². The van der Waals surface area contributed by atoms with Gasteiger partial charge in [0.25, 0.3) is 0 Å². The van der Waals surface area contributed by atoms with Crippen molar-refractivity contribution in [1.29, 1.82) is 0 Å². The molecule has 4 heteroatoms. The largest absolute Gasteiger partial charge is 0.389 e. The molecule has 21 heavy (non-hydrogen) atoms. The Morgan fingerprint density at radius 3 is 2.33 bits per heavy atom. The third-order valence-corrected chi connectivity index (χ3v) is 3.69. The van der Waals surface area contributed by atoms with Gasteiger partial charge in [0.05, 0.1) is 5.56 Å². The van der Waals surface area contributed by atoms with Crippen molar-refractivity contribution < 1.29 is 0 Å². The van der Waals surface area contributed by atoms with Gasteiger partial charge in [-0.1, -0.05) is 29.9 Å². The van der Waals surface area contributed by atoms with Gasteiger partial charge in [-0.05, 0) is 51.5 Å². The molecule has 0 unspecified atom stereocenters. The van der Waals surface area contributed by atoms with E-state index in [0.29, 0.717) is 4.99 Å². The van der Waals surface area contributed by atoms with E-state index in [9.17, 15) is 0 Å². The van der Waals surface area contributed by atoms with E-state index in [-0.39, 0.29) is 0 Å². The second-order valence-corrected chi connectivity index (χ2v) is 5.66. The number of rotatable bonds is 4. The van der Waals surface area contributed by atoms with Crippen LogP contribution in [0.2, 0.25) is 0 Å². The molecule has 0 bridgehead atoms. The molecule has 0 saturated heterocycles. The Labute approximate surface area is 131 Å². The molecule has 2 aromatic rings. The number of hydrogen-bond donors (Lipinski definition) is 1. The highest BCUT2D eigenvalue weighted by atomic mass is 32.1. The van der Waals surface area contributed by atoms with E-state index in [1.807, 2.05) is 19.9 Å². The van der Waals surface area contributed by atoms with E-state index in [4.69, 9.17) is 18.0 Å². The molecule has 0 aliphatic heterocycles. The van der Waals surface area contributed by atoms with E-state index in [1.165, 1.54) is 5.56 Å². The molecule has 0 atom stereocenters. The third-order valence-electron chi connectivity index (χ3n) is 3.49. The molecule has 0 aliphatic rings. The maximum Gasteiger partial charge on any atom is 0.143 e. The molecule has 1 aromatic carbocycles. The molecule has 2 N–H and O–H groups in total. The zero-order chi connectivity index (χ0) is 15.6. The predicted octanol–water partition coefficient (Wildman–Crippen LogP) is 3.80. The Balaban J connectivity index is 2.61. The van der Waals surface area contributed by atoms with Crippen LogP contribution in [0.3, 0.4) is 0 Å². The minimum atomic E-state index is 0.389. The van der Waals surface area contributed by atoms with Gasteiger partial charge in [-0.3, -0.25) is 0 Å². The number of thiocarbonyl (C=S) groups is 1. The summed E-state index contributed by atoms with van der Waals surface area (Å²) in [6, 6.07) is 10.4. The van der Waals surface area contributed by atoms with Gasteiger partial charge in [0.1, 0.15) is 10.8 Å². The second-order valence-electron chi connectivity index (χ2n) is 5.22. The minimum Gasteiger partial charge on any atom is -0.389 e. The van der Waals surface area contributed by atoms with Crippen LogP contribution in [0.5, 0.6) is 0 Å². The zero-order valence-electron chi connectivity index (χ0n) is 13.0. The second kappa shape index (κ2) is 6.22. The standard InChI is InChI=1S/C17H21N3S/c1-5-20(14-8-6-11(2)7-9-14)17-15(16(18)21)12(3)10-13(4)19-17/h6-10H,5H2,1-4H3,(H2,18,21). The molecular weight excluding hydrogens is 278 g/mol. The van der Waals surface area contributed by atoms with Crippen molar-refractivity contribution in [2.45, 2.75) is 27.7 Å². The Morgan fingerprint density at radius 1 is 1.19 bits per heavy atom. The average molecular weight is 299 g/mol. The number of aryl methyl sites for hydroxylation is 3. The number of nitrogens with zero attached hydrogens (tertiary/aromatic N) is 2. The minimum absolute atomic E-state index is 0.389. The van der Waals surface area contributed by atoms with Gasteiger partial charge in [-0.25, -0.2) is 4.98 Å². The first-order chi connectivity index (χ1) is 9.93. The highest BCUT2D eigenvalue weighted by Crippen LogP contribution is 2.29. The fraction of sp³-hybridized carbons (Fsp3) is 0.294. The topological polar surface area (TPSA) is 42.2 Å². The highest BCUT2D eigenvalue weighted by molar-refractivity contribution is 7.80. The summed E-state index contributed by atoms with van der Waals surface area (Å²) in [5.74, 6) is 0.839. The Bertz CT molecular complexity index is 662. The molecule has 2 rings (SSSR count). The fourth-order valence-corrected chi connectivity index (χ4v) is 2.75. The molecule has 0 radical (unpaired) electrons. The molecule has 1 aromatic heterocycles. The van der Waals surface area contributed by atoms with E-state index in [0.717, 1.165) is 34.9 Å². The molecule has 0 saturated carbocycles. The Kier molecular flexibility index (Phi) is 4.58. The average Bonchev–Trinajstić information content (AvgIpc) is 2.40. The number of pyridine rings is 1. The predicted molar refractivity (Wildman–Crippen MR) is 93.5 cm³/mol. The molecule has 1 heterocycles. The smallest absolute Gasteiger partial charge is 0.143 e. The molecule has 110 valence electrons. The van der Waals surface area contributed by atoms with Crippen molar-refractivity contribution in [1.82, 2.24) is 4.98 Å². The van der Waals surface area contributed by atoms with Crippen LogP contribution in [0.1, 0.15) is 29.3 Å². The van der Waals surface area contributed by atoms with E-state index in [2.05, 4.69) is 48.0 Å². The van der Waals surface area contributed by atoms with Crippen LogP contribution >= 0.6 is 12.2 Å². The van der Waals surface area contributed by atoms with Gasteiger partial charge in [0.15, 0.2) is 0 Å². The van der Waals surface area contributed by atoms with Gasteiger partial charge in [-0.2, -0.15) is 0 Å². The number of aromatic nitrogens is 1. The summed E-state index contributed by atoms with van der Waals surface area (Å²) in [6.07, 6.45) is 0. The van der Waals surface area contributed by atoms with Gasteiger partial charge >= 0.3 is 0 Å². The van der Waals surface area contributed by atoms with Crippen LogP contribution < -0.4 is 10.6 Å². The maximum absolute atomic E-state index is 5.92. The monoisotopic (exact) mass is 299 g/mol. The third kappa shape index (κ3) is 3.22. The summed E-state index contributed by atoms with van der Waals surface area (Å²) in [4.78, 5) is 7.22. The summed E-state index contributed by atoms with van der Waals surface area (Å²) < 4.78 is 0. The van der Waals surface area contributed by atoms with Gasteiger partial charge < -0.3 is 10.6 Å². The normalized spacial score (nSPS) is 10.5. The molecular formula is C17H21N3S. The Morgan fingerprint density at radius 2 is 1.81 bits per heavy atom. The SMILES string of the molecule is CCN(c1ccc(C)cc1)c1nc(C)cc(C)c1C(N)=S. The molecule has 3 nitrogen and oxygen atoms in total. The lowest BCUT2D eigenvalue weighted by molar-refractivity contribution is 0.972. The first-order valence-corrected chi connectivity index (χ1v) is 7.47. The van der Waals surface area contributed by atoms with Crippen LogP contribution in [-0.2, 0) is 0 Å². The highest BCUT2D eigenvalue weighted by Gasteiger charge is 2.18. The first kappa shape index (κ1) is 15.4. The van der Waals surface area contributed by atoms with Crippen molar-refractivity contribution in [3.63, 3.8) is 0 Å². The number of nitrogens with two attached hydrogens (primary N) is 1. The maximum atomic E-state index is 5.92. The Hall–Kier alpha value is -1.94. The van der Waals surface area contributed by atoms with Crippen LogP contribution in [0, 0.1) is 20.8 Å². The lowest BCUT2D eigenvalue weighted by atomic mass is 10.1. The summed E-state index contributed by atoms with van der Waals surface area (Å²) in [7, 11) is 0. The van der Waals surface area contributed by atoms with Crippen LogP contribution in [0.15, 0.2) is 30.3 Å². The van der Waals surface area contributed by atoms with Crippen LogP contribution in [0.25, 0.3) is 0 Å². The number of hydrogen-bond acceptors (Lipinski definition) is 3. The van der Waals surface area contributed by atoms with E-state index < -0.39 is 0 Å². The summed E-state index contributed by atoms with van der Waals surface area (Å²) in [6.45, 7) is 8.99. The van der Waals surface area contributed by atoms with Crippen molar-refractivity contribution in [3.05, 3.63) is 52.7 Å². The van der Waals surface area contributed by atoms with Crippen molar-refractivity contribution in [3.8, 4) is 0 Å². The zero-order valence-corrected chi connectivity index (χ0v) is 13.8. The van der Waals surface area contributed by atoms with E-state index in [1.54, 1.807) is 0 Å². The van der Waals surface area contributed by atoms with Crippen molar-refractivity contribution >= 4 is 28.7 Å². The van der Waals surface area contributed by atoms with Gasteiger partial charge in [0, 0.05) is 17.9 Å². The van der Waals surface area contributed by atoms with Gasteiger partial charge in [-0.15, -0.1) is 0 Å². The molecule has 0 spiro atoms. The number of benzene rings is 1. The van der Waals surface area contributed by atoms with Crippen LogP contribution in [0.4, 0.5) is 11.5 Å². The summed E-state index contributed by atoms with van der Waals surface area (Å²) in [5, 5.41) is 0.